The van der Waals surface area contributed by atoms with Crippen LogP contribution in [0.3, 0.4) is 0 Å². The second kappa shape index (κ2) is 14.6. The summed E-state index contributed by atoms with van der Waals surface area (Å²) in [5.41, 5.74) is 1.93. The van der Waals surface area contributed by atoms with Gasteiger partial charge in [-0.3, -0.25) is 14.4 Å². The van der Waals surface area contributed by atoms with Crippen molar-refractivity contribution < 1.29 is 37.7 Å². The van der Waals surface area contributed by atoms with E-state index in [0.717, 1.165) is 16.4 Å². The summed E-state index contributed by atoms with van der Waals surface area (Å²) in [5.74, 6) is -0.982. The molecule has 6 nitrogen and oxygen atoms in total. The van der Waals surface area contributed by atoms with Crippen molar-refractivity contribution in [1.82, 2.24) is 0 Å². The lowest BCUT2D eigenvalue weighted by Gasteiger charge is -2.10. The molecule has 40 heavy (non-hydrogen) atoms. The number of halogens is 2. The molecule has 3 atom stereocenters. The molecule has 3 unspecified atom stereocenters. The topological polar surface area (TPSA) is 89.9 Å². The van der Waals surface area contributed by atoms with Crippen LogP contribution in [0.25, 0.3) is 12.2 Å². The zero-order valence-electron chi connectivity index (χ0n) is 22.7. The zero-order chi connectivity index (χ0) is 29.4. The Labute approximate surface area is 241 Å². The molecule has 2 aromatic rings. The van der Waals surface area contributed by atoms with Crippen LogP contribution in [0, 0.1) is 11.6 Å². The van der Waals surface area contributed by atoms with E-state index in [0.29, 0.717) is 40.0 Å². The number of benzene rings is 2. The van der Waals surface area contributed by atoms with Gasteiger partial charge in [0.15, 0.2) is 5.78 Å². The smallest absolute Gasteiger partial charge is 0.312 e. The lowest BCUT2D eigenvalue weighted by Crippen LogP contribution is -2.11. The minimum absolute atomic E-state index is 0.0569. The van der Waals surface area contributed by atoms with Gasteiger partial charge in [0.1, 0.15) is 11.6 Å². The van der Waals surface area contributed by atoms with Crippen LogP contribution in [-0.4, -0.2) is 54.7 Å². The summed E-state index contributed by atoms with van der Waals surface area (Å²) < 4.78 is 37.4. The number of aliphatic hydroxyl groups excluding tert-OH is 1. The van der Waals surface area contributed by atoms with E-state index in [2.05, 4.69) is 9.47 Å². The Morgan fingerprint density at radius 1 is 0.900 bits per heavy atom. The predicted molar refractivity (Wildman–Crippen MR) is 155 cm³/mol. The maximum Gasteiger partial charge on any atom is 0.312 e. The summed E-state index contributed by atoms with van der Waals surface area (Å²) in [7, 11) is 2.61. The third kappa shape index (κ3) is 8.05. The Morgan fingerprint density at radius 2 is 1.43 bits per heavy atom. The SMILES string of the molecule is COC(=O)C(C)c1ccc(C=C2SCCC2=O)c(F)c1.COC(=O)C(C)c1ccc(C=C2SCCC2O)c(F)c1. The second-order valence-electron chi connectivity index (χ2n) is 9.28. The van der Waals surface area contributed by atoms with Crippen molar-refractivity contribution in [3.05, 3.63) is 80.1 Å². The van der Waals surface area contributed by atoms with Crippen molar-refractivity contribution in [2.75, 3.05) is 25.7 Å². The Kier molecular flexibility index (Phi) is 11.5. The summed E-state index contributed by atoms with van der Waals surface area (Å²) in [6.45, 7) is 3.34. The third-order valence-corrected chi connectivity index (χ3v) is 8.82. The van der Waals surface area contributed by atoms with Crippen LogP contribution in [0.1, 0.15) is 60.8 Å². The largest absolute Gasteiger partial charge is 0.469 e. The molecule has 4 rings (SSSR count). The fraction of sp³-hybridized carbons (Fsp3) is 0.367. The minimum atomic E-state index is -0.515. The van der Waals surface area contributed by atoms with Gasteiger partial charge in [0.2, 0.25) is 0 Å². The lowest BCUT2D eigenvalue weighted by molar-refractivity contribution is -0.142. The number of hydrogen-bond donors (Lipinski definition) is 1. The number of aliphatic hydroxyl groups is 1. The molecule has 0 spiro atoms. The van der Waals surface area contributed by atoms with E-state index >= 15 is 0 Å². The molecule has 2 saturated heterocycles. The van der Waals surface area contributed by atoms with Crippen LogP contribution in [0.15, 0.2) is 46.2 Å². The summed E-state index contributed by atoms with van der Waals surface area (Å²) in [6.07, 6.45) is 3.96. The first-order chi connectivity index (χ1) is 19.0. The Hall–Kier alpha value is -2.95. The van der Waals surface area contributed by atoms with Crippen LogP contribution >= 0.6 is 23.5 Å². The second-order valence-corrected chi connectivity index (χ2v) is 11.6. The van der Waals surface area contributed by atoms with Gasteiger partial charge in [0.25, 0.3) is 0 Å². The quantitative estimate of drug-likeness (QED) is 0.319. The van der Waals surface area contributed by atoms with E-state index in [9.17, 15) is 28.3 Å². The van der Waals surface area contributed by atoms with Gasteiger partial charge < -0.3 is 14.6 Å². The van der Waals surface area contributed by atoms with Gasteiger partial charge in [-0.05, 0) is 55.7 Å². The lowest BCUT2D eigenvalue weighted by atomic mass is 9.99. The average Bonchev–Trinajstić information content (AvgIpc) is 3.56. The highest BCUT2D eigenvalue weighted by atomic mass is 32.2. The molecule has 0 radical (unpaired) electrons. The number of rotatable bonds is 6. The van der Waals surface area contributed by atoms with E-state index in [-0.39, 0.29) is 5.78 Å². The molecule has 214 valence electrons. The first-order valence-corrected chi connectivity index (χ1v) is 14.7. The predicted octanol–water partition coefficient (Wildman–Crippen LogP) is 6.09. The van der Waals surface area contributed by atoms with E-state index in [4.69, 9.17) is 0 Å². The van der Waals surface area contributed by atoms with Crippen LogP contribution < -0.4 is 0 Å². The molecular formula is C30H32F2O6S2. The molecule has 0 aliphatic carbocycles. The standard InChI is InChI=1S/C15H17FO3S.C15H15FO3S/c2*1-9(15(18)19-2)10-3-4-11(12(16)7-10)8-14-13(17)5-6-20-14/h3-4,7-9,13,17H,5-6H2,1-2H3;3-4,7-9H,5-6H2,1-2H3. The van der Waals surface area contributed by atoms with Crippen molar-refractivity contribution in [3.63, 3.8) is 0 Å². The number of hydrogen-bond acceptors (Lipinski definition) is 8. The number of ketones is 1. The molecule has 10 heteroatoms. The Morgan fingerprint density at radius 3 is 1.82 bits per heavy atom. The fourth-order valence-corrected chi connectivity index (χ4v) is 6.10. The molecule has 2 aromatic carbocycles. The van der Waals surface area contributed by atoms with Crippen LogP contribution in [0.4, 0.5) is 8.78 Å². The van der Waals surface area contributed by atoms with Crippen LogP contribution in [-0.2, 0) is 23.9 Å². The highest BCUT2D eigenvalue weighted by Crippen LogP contribution is 2.33. The van der Waals surface area contributed by atoms with Gasteiger partial charge in [-0.1, -0.05) is 24.3 Å². The molecule has 0 aromatic heterocycles. The van der Waals surface area contributed by atoms with Crippen molar-refractivity contribution in [1.29, 1.82) is 0 Å². The maximum absolute atomic E-state index is 14.1. The van der Waals surface area contributed by atoms with Crippen LogP contribution in [0.2, 0.25) is 0 Å². The molecule has 0 saturated carbocycles. The molecule has 0 amide bonds. The van der Waals surface area contributed by atoms with E-state index < -0.39 is 41.5 Å². The number of carbonyl (C=O) groups is 3. The maximum atomic E-state index is 14.1. The molecule has 0 bridgehead atoms. The van der Waals surface area contributed by atoms with Crippen molar-refractivity contribution in [2.24, 2.45) is 0 Å². The van der Waals surface area contributed by atoms with Gasteiger partial charge in [0.05, 0.1) is 37.1 Å². The number of thioether (sulfide) groups is 2. The monoisotopic (exact) mass is 590 g/mol. The van der Waals surface area contributed by atoms with Crippen molar-refractivity contribution in [2.45, 2.75) is 44.6 Å². The molecule has 2 fully saturated rings. The van der Waals surface area contributed by atoms with E-state index in [1.165, 1.54) is 38.1 Å². The Balaban J connectivity index is 0.000000220. The zero-order valence-corrected chi connectivity index (χ0v) is 24.4. The third-order valence-electron chi connectivity index (χ3n) is 6.59. The Bertz CT molecular complexity index is 1320. The summed E-state index contributed by atoms with van der Waals surface area (Å²) in [6, 6.07) is 9.27. The number of carbonyl (C=O) groups excluding carboxylic acids is 3. The van der Waals surface area contributed by atoms with Crippen LogP contribution in [0.5, 0.6) is 0 Å². The first-order valence-electron chi connectivity index (χ1n) is 12.7. The summed E-state index contributed by atoms with van der Waals surface area (Å²) >= 11 is 2.99. The first kappa shape index (κ1) is 31.6. The van der Waals surface area contributed by atoms with Gasteiger partial charge >= 0.3 is 11.9 Å². The number of methoxy groups -OCH3 is 2. The van der Waals surface area contributed by atoms with Gasteiger partial charge in [-0.2, -0.15) is 0 Å². The highest BCUT2D eigenvalue weighted by Gasteiger charge is 2.22. The highest BCUT2D eigenvalue weighted by molar-refractivity contribution is 8.04. The van der Waals surface area contributed by atoms with Gasteiger partial charge in [0, 0.05) is 34.0 Å². The minimum Gasteiger partial charge on any atom is -0.469 e. The van der Waals surface area contributed by atoms with Crippen molar-refractivity contribution in [3.8, 4) is 0 Å². The molecule has 2 heterocycles. The fourth-order valence-electron chi connectivity index (χ4n) is 4.02. The molecule has 2 aliphatic rings. The van der Waals surface area contributed by atoms with E-state index in [1.54, 1.807) is 62.0 Å². The number of Topliss-reactive ketones (excluding diaryl/α,β-unsaturated/α-hetero) is 1. The van der Waals surface area contributed by atoms with Crippen molar-refractivity contribution >= 4 is 53.4 Å². The number of ether oxygens (including phenoxy) is 2. The van der Waals surface area contributed by atoms with E-state index in [1.807, 2.05) is 0 Å². The average molecular weight is 591 g/mol. The summed E-state index contributed by atoms with van der Waals surface area (Å²) in [5, 5.41) is 9.72. The van der Waals surface area contributed by atoms with Gasteiger partial charge in [-0.15, -0.1) is 23.5 Å². The molecule has 2 aliphatic heterocycles. The molecule has 1 N–H and O–H groups in total. The van der Waals surface area contributed by atoms with Gasteiger partial charge in [-0.25, -0.2) is 8.78 Å². The molecular weight excluding hydrogens is 558 g/mol. The number of esters is 2. The number of allylic oxidation sites excluding steroid dienone is 1. The summed E-state index contributed by atoms with van der Waals surface area (Å²) in [4.78, 5) is 35.8. The normalized spacial score (nSPS) is 20.2.